The summed E-state index contributed by atoms with van der Waals surface area (Å²) in [5, 5.41) is 5.74. The van der Waals surface area contributed by atoms with Gasteiger partial charge in [0.1, 0.15) is 0 Å². The highest BCUT2D eigenvalue weighted by atomic mass is 32.2. The van der Waals surface area contributed by atoms with Crippen molar-refractivity contribution < 1.29 is 18.0 Å². The number of carbonyl (C=O) groups excluding carboxylic acids is 2. The Balaban J connectivity index is 1.53. The van der Waals surface area contributed by atoms with E-state index >= 15 is 0 Å². The number of benzene rings is 1. The zero-order valence-corrected chi connectivity index (χ0v) is 19.5. The van der Waals surface area contributed by atoms with Gasteiger partial charge in [0.15, 0.2) is 0 Å². The molecule has 1 saturated carbocycles. The van der Waals surface area contributed by atoms with Gasteiger partial charge >= 0.3 is 0 Å². The topological polar surface area (TPSA) is 95.6 Å². The number of rotatable bonds is 8. The van der Waals surface area contributed by atoms with Gasteiger partial charge in [0.05, 0.1) is 4.90 Å². The molecule has 1 aromatic carbocycles. The minimum Gasteiger partial charge on any atom is -0.350 e. The highest BCUT2D eigenvalue weighted by Crippen LogP contribution is 2.27. The third-order valence-electron chi connectivity index (χ3n) is 6.50. The molecule has 32 heavy (non-hydrogen) atoms. The number of sulfonamides is 1. The average Bonchev–Trinajstić information content (AvgIpc) is 3.05. The molecule has 2 N–H and O–H groups in total. The molecular formula is C24H35N3O4S. The lowest BCUT2D eigenvalue weighted by Crippen LogP contribution is -2.36. The zero-order chi connectivity index (χ0) is 23.0. The Morgan fingerprint density at radius 3 is 2.41 bits per heavy atom. The Labute approximate surface area is 191 Å². The van der Waals surface area contributed by atoms with Gasteiger partial charge in [0.2, 0.25) is 21.8 Å². The fourth-order valence-corrected chi connectivity index (χ4v) is 6.10. The van der Waals surface area contributed by atoms with E-state index in [0.29, 0.717) is 44.0 Å². The van der Waals surface area contributed by atoms with Crippen molar-refractivity contribution >= 4 is 27.5 Å². The van der Waals surface area contributed by atoms with Gasteiger partial charge in [0, 0.05) is 31.2 Å². The molecule has 7 nitrogen and oxygen atoms in total. The third kappa shape index (κ3) is 6.90. The van der Waals surface area contributed by atoms with Crippen LogP contribution in [0, 0.1) is 5.92 Å². The smallest absolute Gasteiger partial charge is 0.243 e. The minimum atomic E-state index is -3.63. The maximum absolute atomic E-state index is 13.1. The van der Waals surface area contributed by atoms with Crippen molar-refractivity contribution in [2.24, 2.45) is 5.92 Å². The van der Waals surface area contributed by atoms with E-state index in [-0.39, 0.29) is 22.8 Å². The van der Waals surface area contributed by atoms with Crippen LogP contribution in [-0.4, -0.2) is 43.7 Å². The number of carbonyl (C=O) groups is 2. The normalized spacial score (nSPS) is 20.8. The number of hydrogen-bond acceptors (Lipinski definition) is 4. The summed E-state index contributed by atoms with van der Waals surface area (Å²) in [6.07, 6.45) is 10.9. The van der Waals surface area contributed by atoms with Crippen LogP contribution >= 0.6 is 0 Å². The van der Waals surface area contributed by atoms with E-state index in [4.69, 9.17) is 0 Å². The first-order valence-electron chi connectivity index (χ1n) is 11.7. The first-order chi connectivity index (χ1) is 15.4. The second-order valence-corrected chi connectivity index (χ2v) is 10.8. The standard InChI is InChI=1S/C24H35N3O4S/c1-2-23(28)25-20-9-6-17-27(18-16-20)32(30,31)22-13-11-21(12-14-22)26-24(29)15-10-19-7-4-3-5-8-19/h2,11-14,19-20H,1,3-10,15-18H2,(H,25,28)(H,26,29). The van der Waals surface area contributed by atoms with Crippen molar-refractivity contribution in [1.29, 1.82) is 0 Å². The molecule has 2 aliphatic rings. The molecule has 1 aliphatic heterocycles. The van der Waals surface area contributed by atoms with Crippen molar-refractivity contribution in [2.45, 2.75) is 75.1 Å². The summed E-state index contributed by atoms with van der Waals surface area (Å²) in [5.41, 5.74) is 0.612. The molecule has 0 aromatic heterocycles. The summed E-state index contributed by atoms with van der Waals surface area (Å²) in [7, 11) is -3.63. The van der Waals surface area contributed by atoms with Crippen LogP contribution in [-0.2, 0) is 19.6 Å². The van der Waals surface area contributed by atoms with Gasteiger partial charge < -0.3 is 10.6 Å². The van der Waals surface area contributed by atoms with E-state index in [9.17, 15) is 18.0 Å². The number of anilines is 1. The predicted octanol–water partition coefficient (Wildman–Crippen LogP) is 3.83. The number of amides is 2. The van der Waals surface area contributed by atoms with Gasteiger partial charge in [-0.05, 0) is 61.9 Å². The van der Waals surface area contributed by atoms with Crippen LogP contribution in [0.2, 0.25) is 0 Å². The largest absolute Gasteiger partial charge is 0.350 e. The number of nitrogens with one attached hydrogen (secondary N) is 2. The first kappa shape index (κ1) is 24.5. The summed E-state index contributed by atoms with van der Waals surface area (Å²) in [6.45, 7) is 4.23. The zero-order valence-electron chi connectivity index (χ0n) is 18.7. The maximum Gasteiger partial charge on any atom is 0.243 e. The van der Waals surface area contributed by atoms with Gasteiger partial charge in [-0.2, -0.15) is 4.31 Å². The van der Waals surface area contributed by atoms with E-state index in [2.05, 4.69) is 17.2 Å². The highest BCUT2D eigenvalue weighted by Gasteiger charge is 2.28. The van der Waals surface area contributed by atoms with Crippen molar-refractivity contribution in [3.05, 3.63) is 36.9 Å². The van der Waals surface area contributed by atoms with Gasteiger partial charge in [-0.3, -0.25) is 9.59 Å². The summed E-state index contributed by atoms with van der Waals surface area (Å²) in [6, 6.07) is 6.35. The Morgan fingerprint density at radius 2 is 1.72 bits per heavy atom. The van der Waals surface area contributed by atoms with Gasteiger partial charge in [-0.1, -0.05) is 38.7 Å². The molecule has 8 heteroatoms. The van der Waals surface area contributed by atoms with E-state index in [1.807, 2.05) is 0 Å². The predicted molar refractivity (Wildman–Crippen MR) is 126 cm³/mol. The second kappa shape index (κ2) is 11.6. The first-order valence-corrected chi connectivity index (χ1v) is 13.2. The van der Waals surface area contributed by atoms with Gasteiger partial charge in [0.25, 0.3) is 0 Å². The average molecular weight is 462 g/mol. The molecular weight excluding hydrogens is 426 g/mol. The fourth-order valence-electron chi connectivity index (χ4n) is 4.61. The minimum absolute atomic E-state index is 0.0219. The maximum atomic E-state index is 13.1. The monoisotopic (exact) mass is 461 g/mol. The molecule has 1 aromatic rings. The van der Waals surface area contributed by atoms with Crippen LogP contribution in [0.4, 0.5) is 5.69 Å². The lowest BCUT2D eigenvalue weighted by Gasteiger charge is -2.21. The van der Waals surface area contributed by atoms with Crippen LogP contribution in [0.3, 0.4) is 0 Å². The molecule has 0 bridgehead atoms. The van der Waals surface area contributed by atoms with Crippen LogP contribution in [0.15, 0.2) is 41.8 Å². The molecule has 0 spiro atoms. The van der Waals surface area contributed by atoms with Crippen LogP contribution < -0.4 is 10.6 Å². The highest BCUT2D eigenvalue weighted by molar-refractivity contribution is 7.89. The molecule has 2 fully saturated rings. The van der Waals surface area contributed by atoms with Crippen molar-refractivity contribution in [3.63, 3.8) is 0 Å². The van der Waals surface area contributed by atoms with E-state index in [1.165, 1.54) is 42.5 Å². The molecule has 1 saturated heterocycles. The molecule has 0 radical (unpaired) electrons. The van der Waals surface area contributed by atoms with Crippen molar-refractivity contribution in [3.8, 4) is 0 Å². The van der Waals surface area contributed by atoms with Crippen LogP contribution in [0.1, 0.15) is 64.2 Å². The van der Waals surface area contributed by atoms with Crippen LogP contribution in [0.25, 0.3) is 0 Å². The fraction of sp³-hybridized carbons (Fsp3) is 0.583. The lowest BCUT2D eigenvalue weighted by molar-refractivity contribution is -0.117. The molecule has 1 atom stereocenters. The van der Waals surface area contributed by atoms with Gasteiger partial charge in [-0.25, -0.2) is 8.42 Å². The van der Waals surface area contributed by atoms with Gasteiger partial charge in [-0.15, -0.1) is 0 Å². The summed E-state index contributed by atoms with van der Waals surface area (Å²) >= 11 is 0. The number of nitrogens with zero attached hydrogens (tertiary/aromatic N) is 1. The Kier molecular flexibility index (Phi) is 8.87. The second-order valence-electron chi connectivity index (χ2n) is 8.86. The summed E-state index contributed by atoms with van der Waals surface area (Å²) in [5.74, 6) is 0.398. The Bertz CT molecular complexity index is 892. The molecule has 3 rings (SSSR count). The van der Waals surface area contributed by atoms with Crippen molar-refractivity contribution in [1.82, 2.24) is 9.62 Å². The molecule has 2 amide bonds. The number of hydrogen-bond donors (Lipinski definition) is 2. The molecule has 1 unspecified atom stereocenters. The summed E-state index contributed by atoms with van der Waals surface area (Å²) < 4.78 is 27.6. The SMILES string of the molecule is C=CC(=O)NC1CCCN(S(=O)(=O)c2ccc(NC(=O)CCC3CCCCC3)cc2)CC1. The molecule has 176 valence electrons. The summed E-state index contributed by atoms with van der Waals surface area (Å²) in [4.78, 5) is 24.0. The van der Waals surface area contributed by atoms with Crippen LogP contribution in [0.5, 0.6) is 0 Å². The van der Waals surface area contributed by atoms with E-state index in [0.717, 1.165) is 12.8 Å². The van der Waals surface area contributed by atoms with E-state index in [1.54, 1.807) is 24.3 Å². The Morgan fingerprint density at radius 1 is 1.00 bits per heavy atom. The lowest BCUT2D eigenvalue weighted by atomic mass is 9.86. The third-order valence-corrected chi connectivity index (χ3v) is 8.41. The quantitative estimate of drug-likeness (QED) is 0.575. The van der Waals surface area contributed by atoms with Crippen molar-refractivity contribution in [2.75, 3.05) is 18.4 Å². The Hall–Kier alpha value is -2.19. The van der Waals surface area contributed by atoms with E-state index < -0.39 is 10.0 Å². The molecule has 1 aliphatic carbocycles. The molecule has 1 heterocycles.